The van der Waals surface area contributed by atoms with Gasteiger partial charge in [-0.05, 0) is 12.0 Å². The Kier molecular flexibility index (Phi) is 5.28. The molecule has 1 nitrogen and oxygen atoms in total. The van der Waals surface area contributed by atoms with Gasteiger partial charge in [0.1, 0.15) is 5.82 Å². The van der Waals surface area contributed by atoms with E-state index in [2.05, 4.69) is 5.32 Å². The molecule has 0 aliphatic rings. The molecule has 0 heterocycles. The summed E-state index contributed by atoms with van der Waals surface area (Å²) in [6.07, 6.45) is -2.46. The molecule has 0 aromatic heterocycles. The minimum atomic E-state index is -2.46. The van der Waals surface area contributed by atoms with Crippen LogP contribution in [0, 0.1) is 11.7 Å². The first kappa shape index (κ1) is 14.3. The quantitative estimate of drug-likeness (QED) is 0.848. The fourth-order valence-electron chi connectivity index (χ4n) is 1.68. The number of hydrogen-bond donors (Lipinski definition) is 1. The molecule has 0 aliphatic heterocycles. The highest BCUT2D eigenvalue weighted by atomic mass is 35.5. The Morgan fingerprint density at radius 1 is 1.29 bits per heavy atom. The largest absolute Gasteiger partial charge is 0.304 e. The fraction of sp³-hybridized carbons (Fsp3) is 0.500. The Bertz CT molecular complexity index is 369. The molecule has 1 unspecified atom stereocenters. The van der Waals surface area contributed by atoms with Crippen LogP contribution in [0.4, 0.5) is 13.2 Å². The summed E-state index contributed by atoms with van der Waals surface area (Å²) in [7, 11) is 0. The average Bonchev–Trinajstić information content (AvgIpc) is 2.23. The third kappa shape index (κ3) is 3.89. The van der Waals surface area contributed by atoms with E-state index in [-0.39, 0.29) is 10.9 Å². The summed E-state index contributed by atoms with van der Waals surface area (Å²) in [5.74, 6) is -0.559. The molecule has 0 bridgehead atoms. The van der Waals surface area contributed by atoms with Crippen molar-refractivity contribution in [2.24, 2.45) is 5.92 Å². The van der Waals surface area contributed by atoms with Gasteiger partial charge in [0.25, 0.3) is 6.43 Å². The van der Waals surface area contributed by atoms with Gasteiger partial charge in [0.15, 0.2) is 0 Å². The van der Waals surface area contributed by atoms with E-state index in [9.17, 15) is 13.2 Å². The SMILES string of the molecule is CC(C)C(NCC(F)F)c1cccc(Cl)c1F. The van der Waals surface area contributed by atoms with Crippen LogP contribution in [-0.2, 0) is 0 Å². The number of hydrogen-bond acceptors (Lipinski definition) is 1. The van der Waals surface area contributed by atoms with Crippen molar-refractivity contribution in [1.82, 2.24) is 5.32 Å². The van der Waals surface area contributed by atoms with E-state index in [1.54, 1.807) is 12.1 Å². The van der Waals surface area contributed by atoms with Gasteiger partial charge in [-0.15, -0.1) is 0 Å². The van der Waals surface area contributed by atoms with Crippen LogP contribution in [0.3, 0.4) is 0 Å². The van der Waals surface area contributed by atoms with Crippen LogP contribution in [0.5, 0.6) is 0 Å². The van der Waals surface area contributed by atoms with Crippen LogP contribution in [0.25, 0.3) is 0 Å². The summed E-state index contributed by atoms with van der Waals surface area (Å²) in [4.78, 5) is 0. The van der Waals surface area contributed by atoms with E-state index in [0.29, 0.717) is 5.56 Å². The molecule has 5 heteroatoms. The number of rotatable bonds is 5. The zero-order valence-corrected chi connectivity index (χ0v) is 10.4. The van der Waals surface area contributed by atoms with Gasteiger partial charge in [0.2, 0.25) is 0 Å². The summed E-state index contributed by atoms with van der Waals surface area (Å²) >= 11 is 5.67. The molecule has 0 amide bonds. The lowest BCUT2D eigenvalue weighted by atomic mass is 9.95. The molecule has 0 fully saturated rings. The van der Waals surface area contributed by atoms with Crippen LogP contribution < -0.4 is 5.32 Å². The summed E-state index contributed by atoms with van der Waals surface area (Å²) < 4.78 is 38.1. The van der Waals surface area contributed by atoms with Crippen LogP contribution in [-0.4, -0.2) is 13.0 Å². The predicted molar refractivity (Wildman–Crippen MR) is 63.0 cm³/mol. The normalized spacial score (nSPS) is 13.4. The Hall–Kier alpha value is -0.740. The number of alkyl halides is 2. The summed E-state index contributed by atoms with van der Waals surface area (Å²) in [5, 5.41) is 2.66. The van der Waals surface area contributed by atoms with Crippen molar-refractivity contribution < 1.29 is 13.2 Å². The third-order valence-electron chi connectivity index (χ3n) is 2.48. The molecule has 1 aromatic carbocycles. The maximum atomic E-state index is 13.8. The second-order valence-electron chi connectivity index (χ2n) is 4.16. The van der Waals surface area contributed by atoms with Crippen molar-refractivity contribution in [3.05, 3.63) is 34.6 Å². The second-order valence-corrected chi connectivity index (χ2v) is 4.57. The Balaban J connectivity index is 2.93. The summed E-state index contributed by atoms with van der Waals surface area (Å²) in [6.45, 7) is 3.21. The van der Waals surface area contributed by atoms with Crippen molar-refractivity contribution in [3.8, 4) is 0 Å². The molecule has 0 saturated heterocycles. The van der Waals surface area contributed by atoms with Crippen LogP contribution in [0.15, 0.2) is 18.2 Å². The zero-order valence-electron chi connectivity index (χ0n) is 9.68. The monoisotopic (exact) mass is 265 g/mol. The van der Waals surface area contributed by atoms with E-state index in [4.69, 9.17) is 11.6 Å². The lowest BCUT2D eigenvalue weighted by molar-refractivity contribution is 0.137. The van der Waals surface area contributed by atoms with Crippen molar-refractivity contribution >= 4 is 11.6 Å². The van der Waals surface area contributed by atoms with Crippen molar-refractivity contribution in [3.63, 3.8) is 0 Å². The first-order chi connectivity index (χ1) is 7.93. The number of benzene rings is 1. The first-order valence-electron chi connectivity index (χ1n) is 5.39. The molecule has 1 N–H and O–H groups in total. The van der Waals surface area contributed by atoms with Crippen LogP contribution >= 0.6 is 11.6 Å². The lowest BCUT2D eigenvalue weighted by Gasteiger charge is -2.23. The number of halogens is 4. The van der Waals surface area contributed by atoms with Crippen molar-refractivity contribution in [1.29, 1.82) is 0 Å². The highest BCUT2D eigenvalue weighted by Crippen LogP contribution is 2.28. The fourth-order valence-corrected chi connectivity index (χ4v) is 1.86. The molecular formula is C12H15ClF3N. The van der Waals surface area contributed by atoms with Gasteiger partial charge in [0.05, 0.1) is 11.6 Å². The van der Waals surface area contributed by atoms with Crippen LogP contribution in [0.2, 0.25) is 5.02 Å². The third-order valence-corrected chi connectivity index (χ3v) is 2.77. The molecule has 0 radical (unpaired) electrons. The van der Waals surface area contributed by atoms with Gasteiger partial charge >= 0.3 is 0 Å². The highest BCUT2D eigenvalue weighted by Gasteiger charge is 2.21. The van der Waals surface area contributed by atoms with E-state index in [0.717, 1.165) is 0 Å². The Morgan fingerprint density at radius 3 is 2.47 bits per heavy atom. The summed E-state index contributed by atoms with van der Waals surface area (Å²) in [6, 6.07) is 4.14. The van der Waals surface area contributed by atoms with E-state index >= 15 is 0 Å². The molecule has 1 atom stereocenters. The minimum absolute atomic E-state index is 0.00648. The smallest absolute Gasteiger partial charge is 0.250 e. The van der Waals surface area contributed by atoms with E-state index in [1.165, 1.54) is 6.07 Å². The van der Waals surface area contributed by atoms with Crippen molar-refractivity contribution in [2.75, 3.05) is 6.54 Å². The molecule has 17 heavy (non-hydrogen) atoms. The van der Waals surface area contributed by atoms with E-state index in [1.807, 2.05) is 13.8 Å². The first-order valence-corrected chi connectivity index (χ1v) is 5.76. The van der Waals surface area contributed by atoms with E-state index < -0.39 is 24.8 Å². The summed E-state index contributed by atoms with van der Waals surface area (Å²) in [5.41, 5.74) is 0.327. The second kappa shape index (κ2) is 6.26. The molecule has 96 valence electrons. The molecular weight excluding hydrogens is 251 g/mol. The Labute approximate surface area is 104 Å². The van der Waals surface area contributed by atoms with Crippen LogP contribution in [0.1, 0.15) is 25.5 Å². The van der Waals surface area contributed by atoms with Gasteiger partial charge in [-0.2, -0.15) is 0 Å². The molecule has 1 aromatic rings. The Morgan fingerprint density at radius 2 is 1.94 bits per heavy atom. The van der Waals surface area contributed by atoms with Gasteiger partial charge in [-0.1, -0.05) is 37.6 Å². The predicted octanol–water partition coefficient (Wildman–Crippen LogP) is 4.03. The zero-order chi connectivity index (χ0) is 13.0. The highest BCUT2D eigenvalue weighted by molar-refractivity contribution is 6.30. The maximum Gasteiger partial charge on any atom is 0.250 e. The standard InChI is InChI=1S/C12H15ClF3N/c1-7(2)12(17-6-10(14)15)8-4-3-5-9(13)11(8)16/h3-5,7,10,12,17H,6H2,1-2H3. The molecule has 1 rings (SSSR count). The van der Waals surface area contributed by atoms with Crippen molar-refractivity contribution in [2.45, 2.75) is 26.3 Å². The molecule has 0 spiro atoms. The van der Waals surface area contributed by atoms with Gasteiger partial charge in [0, 0.05) is 11.6 Å². The average molecular weight is 266 g/mol. The molecule has 0 aliphatic carbocycles. The lowest BCUT2D eigenvalue weighted by Crippen LogP contribution is -2.30. The topological polar surface area (TPSA) is 12.0 Å². The number of nitrogens with one attached hydrogen (secondary N) is 1. The molecule has 0 saturated carbocycles. The minimum Gasteiger partial charge on any atom is -0.304 e. The van der Waals surface area contributed by atoms with Gasteiger partial charge < -0.3 is 5.32 Å². The van der Waals surface area contributed by atoms with Gasteiger partial charge in [-0.25, -0.2) is 13.2 Å². The van der Waals surface area contributed by atoms with Gasteiger partial charge in [-0.3, -0.25) is 0 Å². The maximum absolute atomic E-state index is 13.8.